The third-order valence-corrected chi connectivity index (χ3v) is 3.95. The Morgan fingerprint density at radius 3 is 2.58 bits per heavy atom. The van der Waals surface area contributed by atoms with E-state index in [0.717, 1.165) is 34.2 Å². The molecule has 0 atom stereocenters. The molecule has 4 nitrogen and oxygen atoms in total. The van der Waals surface area contributed by atoms with Crippen LogP contribution in [-0.2, 0) is 0 Å². The lowest BCUT2D eigenvalue weighted by molar-refractivity contribution is 0.509. The number of anilines is 2. The summed E-state index contributed by atoms with van der Waals surface area (Å²) in [6.45, 7) is 1.98. The molecule has 0 saturated carbocycles. The molecule has 2 aromatic heterocycles. The number of pyridine rings is 1. The van der Waals surface area contributed by atoms with Crippen LogP contribution in [0.4, 0.5) is 20.3 Å². The molecule has 0 fully saturated rings. The molecule has 128 valence electrons. The fraction of sp³-hybridized carbons (Fsp3) is 0.0500. The Labute approximate surface area is 148 Å². The van der Waals surface area contributed by atoms with Gasteiger partial charge < -0.3 is 5.32 Å². The summed E-state index contributed by atoms with van der Waals surface area (Å²) in [7, 11) is 0. The lowest BCUT2D eigenvalue weighted by Crippen LogP contribution is -2.00. The van der Waals surface area contributed by atoms with Crippen molar-refractivity contribution in [3.05, 3.63) is 78.1 Å². The first-order valence-corrected chi connectivity index (χ1v) is 8.01. The van der Waals surface area contributed by atoms with Crippen LogP contribution in [0, 0.1) is 18.6 Å². The zero-order chi connectivity index (χ0) is 18.1. The Balaban J connectivity index is 1.87. The van der Waals surface area contributed by atoms with Gasteiger partial charge in [0.25, 0.3) is 0 Å². The maximum Gasteiger partial charge on any atom is 0.163 e. The van der Waals surface area contributed by atoms with Crippen LogP contribution in [-0.4, -0.2) is 15.0 Å². The number of aromatic nitrogens is 3. The smallest absolute Gasteiger partial charge is 0.163 e. The Morgan fingerprint density at radius 1 is 0.923 bits per heavy atom. The van der Waals surface area contributed by atoms with Crippen molar-refractivity contribution < 1.29 is 8.78 Å². The molecule has 0 aliphatic rings. The predicted molar refractivity (Wildman–Crippen MR) is 97.1 cm³/mol. The lowest BCUT2D eigenvalue weighted by Gasteiger charge is -2.12. The summed E-state index contributed by atoms with van der Waals surface area (Å²) < 4.78 is 26.7. The van der Waals surface area contributed by atoms with Gasteiger partial charge in [-0.1, -0.05) is 6.07 Å². The van der Waals surface area contributed by atoms with Crippen molar-refractivity contribution in [2.75, 3.05) is 5.32 Å². The van der Waals surface area contributed by atoms with Gasteiger partial charge in [0, 0.05) is 35.1 Å². The van der Waals surface area contributed by atoms with Gasteiger partial charge in [0.05, 0.1) is 5.52 Å². The number of nitrogens with zero attached hydrogens (tertiary/aromatic N) is 3. The van der Waals surface area contributed by atoms with Crippen LogP contribution in [0.25, 0.3) is 22.3 Å². The second-order valence-electron chi connectivity index (χ2n) is 5.91. The molecule has 0 unspecified atom stereocenters. The fourth-order valence-corrected chi connectivity index (χ4v) is 2.67. The monoisotopic (exact) mass is 348 g/mol. The third-order valence-electron chi connectivity index (χ3n) is 3.95. The largest absolute Gasteiger partial charge is 0.340 e. The summed E-state index contributed by atoms with van der Waals surface area (Å²) >= 11 is 0. The number of nitrogens with one attached hydrogen (secondary N) is 1. The van der Waals surface area contributed by atoms with Crippen molar-refractivity contribution in [1.82, 2.24) is 15.0 Å². The Kier molecular flexibility index (Phi) is 4.01. The van der Waals surface area contributed by atoms with Crippen molar-refractivity contribution >= 4 is 22.4 Å². The molecule has 0 aliphatic heterocycles. The maximum absolute atomic E-state index is 13.5. The van der Waals surface area contributed by atoms with E-state index in [2.05, 4.69) is 20.3 Å². The van der Waals surface area contributed by atoms with Crippen molar-refractivity contribution in [2.45, 2.75) is 6.92 Å². The number of rotatable bonds is 3. The van der Waals surface area contributed by atoms with Gasteiger partial charge in [0.2, 0.25) is 0 Å². The van der Waals surface area contributed by atoms with E-state index in [1.807, 2.05) is 37.3 Å². The lowest BCUT2D eigenvalue weighted by atomic mass is 10.1. The first kappa shape index (κ1) is 16.1. The molecule has 0 amide bonds. The molecule has 2 aromatic carbocycles. The Bertz CT molecular complexity index is 1100. The number of fused-ring (bicyclic) bond motifs is 1. The van der Waals surface area contributed by atoms with E-state index in [9.17, 15) is 8.78 Å². The summed E-state index contributed by atoms with van der Waals surface area (Å²) in [6.07, 6.45) is 3.35. The molecule has 0 saturated heterocycles. The zero-order valence-corrected chi connectivity index (χ0v) is 13.9. The molecule has 0 aliphatic carbocycles. The number of hydrogen-bond donors (Lipinski definition) is 1. The van der Waals surface area contributed by atoms with Gasteiger partial charge in [0.15, 0.2) is 17.5 Å². The highest BCUT2D eigenvalue weighted by molar-refractivity contribution is 5.92. The number of hydrogen-bond acceptors (Lipinski definition) is 4. The van der Waals surface area contributed by atoms with Gasteiger partial charge in [0.1, 0.15) is 5.82 Å². The van der Waals surface area contributed by atoms with Crippen LogP contribution in [0.1, 0.15) is 5.56 Å². The summed E-state index contributed by atoms with van der Waals surface area (Å²) in [6, 6.07) is 13.1. The van der Waals surface area contributed by atoms with Crippen LogP contribution < -0.4 is 5.32 Å². The minimum atomic E-state index is -0.920. The third kappa shape index (κ3) is 3.09. The van der Waals surface area contributed by atoms with Crippen LogP contribution in [0.2, 0.25) is 0 Å². The second-order valence-corrected chi connectivity index (χ2v) is 5.91. The van der Waals surface area contributed by atoms with Crippen LogP contribution >= 0.6 is 0 Å². The van der Waals surface area contributed by atoms with Crippen LogP contribution in [0.5, 0.6) is 0 Å². The molecule has 26 heavy (non-hydrogen) atoms. The first-order chi connectivity index (χ1) is 12.6. The highest BCUT2D eigenvalue weighted by Gasteiger charge is 2.11. The van der Waals surface area contributed by atoms with Gasteiger partial charge in [-0.3, -0.25) is 4.98 Å². The molecule has 0 spiro atoms. The van der Waals surface area contributed by atoms with Crippen molar-refractivity contribution in [1.29, 1.82) is 0 Å². The van der Waals surface area contributed by atoms with Crippen LogP contribution in [0.3, 0.4) is 0 Å². The highest BCUT2D eigenvalue weighted by Crippen LogP contribution is 2.28. The standard InChI is InChI=1S/C20H14F2N4/c1-12-4-6-15-18(9-12)25-19(13-3-2-8-23-11-13)26-20(15)24-14-5-7-16(21)17(22)10-14/h2-11H,1H3,(H,24,25,26). The molecular formula is C20H14F2N4. The van der Waals surface area contributed by atoms with E-state index >= 15 is 0 Å². The van der Waals surface area contributed by atoms with Gasteiger partial charge >= 0.3 is 0 Å². The van der Waals surface area contributed by atoms with Gasteiger partial charge in [-0.25, -0.2) is 18.7 Å². The van der Waals surface area contributed by atoms with Gasteiger partial charge in [-0.15, -0.1) is 0 Å². The number of aryl methyl sites for hydroxylation is 1. The first-order valence-electron chi connectivity index (χ1n) is 8.01. The van der Waals surface area contributed by atoms with Crippen molar-refractivity contribution in [2.24, 2.45) is 0 Å². The average Bonchev–Trinajstić information content (AvgIpc) is 2.65. The highest BCUT2D eigenvalue weighted by atomic mass is 19.2. The van der Waals surface area contributed by atoms with E-state index in [0.29, 0.717) is 17.3 Å². The van der Waals surface area contributed by atoms with E-state index in [1.165, 1.54) is 6.07 Å². The van der Waals surface area contributed by atoms with Crippen molar-refractivity contribution in [3.63, 3.8) is 0 Å². The summed E-state index contributed by atoms with van der Waals surface area (Å²) in [5, 5.41) is 3.85. The molecular weight excluding hydrogens is 334 g/mol. The Morgan fingerprint density at radius 2 is 1.81 bits per heavy atom. The molecule has 0 radical (unpaired) electrons. The van der Waals surface area contributed by atoms with Crippen LogP contribution in [0.15, 0.2) is 60.9 Å². The maximum atomic E-state index is 13.5. The minimum Gasteiger partial charge on any atom is -0.340 e. The number of halogens is 2. The zero-order valence-electron chi connectivity index (χ0n) is 13.9. The Hall–Kier alpha value is -3.41. The van der Waals surface area contributed by atoms with E-state index in [4.69, 9.17) is 0 Å². The van der Waals surface area contributed by atoms with E-state index in [-0.39, 0.29) is 0 Å². The minimum absolute atomic E-state index is 0.404. The molecule has 2 heterocycles. The van der Waals surface area contributed by atoms with E-state index < -0.39 is 11.6 Å². The molecule has 4 aromatic rings. The van der Waals surface area contributed by atoms with Crippen molar-refractivity contribution in [3.8, 4) is 11.4 Å². The predicted octanol–water partition coefficient (Wildman–Crippen LogP) is 5.02. The normalized spacial score (nSPS) is 10.9. The topological polar surface area (TPSA) is 50.7 Å². The molecule has 4 rings (SSSR count). The molecule has 1 N–H and O–H groups in total. The average molecular weight is 348 g/mol. The summed E-state index contributed by atoms with van der Waals surface area (Å²) in [4.78, 5) is 13.3. The number of benzene rings is 2. The quantitative estimate of drug-likeness (QED) is 0.565. The van der Waals surface area contributed by atoms with Gasteiger partial charge in [-0.05, 0) is 48.9 Å². The van der Waals surface area contributed by atoms with Gasteiger partial charge in [-0.2, -0.15) is 0 Å². The summed E-state index contributed by atoms with van der Waals surface area (Å²) in [5.41, 5.74) is 2.99. The fourth-order valence-electron chi connectivity index (χ4n) is 2.67. The van der Waals surface area contributed by atoms with E-state index in [1.54, 1.807) is 12.4 Å². The second kappa shape index (κ2) is 6.48. The SMILES string of the molecule is Cc1ccc2c(Nc3ccc(F)c(F)c3)nc(-c3cccnc3)nc2c1. The summed E-state index contributed by atoms with van der Waals surface area (Å²) in [5.74, 6) is -0.799. The molecule has 6 heteroatoms. The molecule has 0 bridgehead atoms.